The first kappa shape index (κ1) is 18.7. The van der Waals surface area contributed by atoms with Crippen LogP contribution >= 0.6 is 0 Å². The number of rotatable bonds is 5. The molecule has 1 aliphatic carbocycles. The van der Waals surface area contributed by atoms with Gasteiger partial charge in [0.1, 0.15) is 5.41 Å². The molecule has 2 N–H and O–H groups in total. The second kappa shape index (κ2) is 7.05. The number of hydrogen-bond donors (Lipinski definition) is 2. The normalized spacial score (nSPS) is 24.9. The van der Waals surface area contributed by atoms with Crippen molar-refractivity contribution in [2.24, 2.45) is 18.4 Å². The van der Waals surface area contributed by atoms with Crippen molar-refractivity contribution in [2.75, 3.05) is 13.1 Å². The van der Waals surface area contributed by atoms with E-state index in [2.05, 4.69) is 5.10 Å². The number of carboxylic acid groups (broad SMARTS) is 1. The highest BCUT2D eigenvalue weighted by atomic mass is 16.4. The fraction of sp³-hybridized carbons (Fsp3) is 0.476. The maximum Gasteiger partial charge on any atom is 0.314 e. The molecule has 2 aromatic rings. The zero-order valence-corrected chi connectivity index (χ0v) is 15.9. The van der Waals surface area contributed by atoms with Gasteiger partial charge in [0.15, 0.2) is 5.69 Å². The Balaban J connectivity index is 1.59. The smallest absolute Gasteiger partial charge is 0.314 e. The van der Waals surface area contributed by atoms with E-state index >= 15 is 0 Å². The molecule has 28 heavy (non-hydrogen) atoms. The Morgan fingerprint density at radius 3 is 2.57 bits per heavy atom. The van der Waals surface area contributed by atoms with Gasteiger partial charge in [-0.15, -0.1) is 0 Å². The summed E-state index contributed by atoms with van der Waals surface area (Å²) < 4.78 is 1.66. The lowest BCUT2D eigenvalue weighted by Crippen LogP contribution is -2.57. The van der Waals surface area contributed by atoms with Gasteiger partial charge < -0.3 is 15.1 Å². The van der Waals surface area contributed by atoms with E-state index in [-0.39, 0.29) is 18.9 Å². The Morgan fingerprint density at radius 2 is 1.93 bits per heavy atom. The second-order valence-corrected chi connectivity index (χ2v) is 8.04. The molecule has 2 aliphatic rings. The molecule has 0 radical (unpaired) electrons. The van der Waals surface area contributed by atoms with Gasteiger partial charge >= 0.3 is 5.97 Å². The van der Waals surface area contributed by atoms with Gasteiger partial charge in [-0.2, -0.15) is 5.10 Å². The van der Waals surface area contributed by atoms with Crippen LogP contribution in [0.15, 0.2) is 36.4 Å². The highest BCUT2D eigenvalue weighted by molar-refractivity contribution is 5.94. The Bertz CT molecular complexity index is 890. The van der Waals surface area contributed by atoms with Crippen molar-refractivity contribution in [1.29, 1.82) is 0 Å². The minimum Gasteiger partial charge on any atom is -0.481 e. The number of hydrogen-bond acceptors (Lipinski definition) is 4. The molecule has 148 valence electrons. The molecule has 2 heterocycles. The van der Waals surface area contributed by atoms with Crippen LogP contribution in [0.2, 0.25) is 0 Å². The zero-order valence-electron chi connectivity index (χ0n) is 15.9. The van der Waals surface area contributed by atoms with Crippen molar-refractivity contribution in [3.8, 4) is 11.3 Å². The molecule has 1 aromatic carbocycles. The largest absolute Gasteiger partial charge is 0.481 e. The molecular weight excluding hydrogens is 358 g/mol. The van der Waals surface area contributed by atoms with Gasteiger partial charge in [-0.05, 0) is 30.4 Å². The number of carboxylic acids is 1. The van der Waals surface area contributed by atoms with Crippen molar-refractivity contribution in [3.05, 3.63) is 42.1 Å². The number of carbonyl (C=O) groups is 2. The van der Waals surface area contributed by atoms with Crippen LogP contribution in [0.4, 0.5) is 0 Å². The molecule has 7 nitrogen and oxygen atoms in total. The summed E-state index contributed by atoms with van der Waals surface area (Å²) in [7, 11) is 1.79. The van der Waals surface area contributed by atoms with Crippen LogP contribution in [0.1, 0.15) is 36.2 Å². The van der Waals surface area contributed by atoms with Gasteiger partial charge in [-0.3, -0.25) is 14.3 Å². The highest BCUT2D eigenvalue weighted by Crippen LogP contribution is 2.45. The van der Waals surface area contributed by atoms with Gasteiger partial charge in [0.05, 0.1) is 11.8 Å². The lowest BCUT2D eigenvalue weighted by atomic mass is 9.73. The third kappa shape index (κ3) is 3.30. The van der Waals surface area contributed by atoms with Crippen LogP contribution in [0.3, 0.4) is 0 Å². The third-order valence-electron chi connectivity index (χ3n) is 6.01. The van der Waals surface area contributed by atoms with E-state index in [1.54, 1.807) is 22.7 Å². The first-order valence-corrected chi connectivity index (χ1v) is 9.71. The molecule has 1 saturated heterocycles. The van der Waals surface area contributed by atoms with E-state index in [0.29, 0.717) is 24.6 Å². The molecule has 1 saturated carbocycles. The highest BCUT2D eigenvalue weighted by Gasteiger charge is 2.52. The van der Waals surface area contributed by atoms with Gasteiger partial charge in [-0.1, -0.05) is 43.2 Å². The Labute approximate surface area is 163 Å². The number of nitrogens with zero attached hydrogens (tertiary/aromatic N) is 3. The van der Waals surface area contributed by atoms with E-state index in [1.165, 1.54) is 0 Å². The lowest BCUT2D eigenvalue weighted by molar-refractivity contribution is -0.163. The second-order valence-electron chi connectivity index (χ2n) is 8.04. The Hall–Kier alpha value is -2.67. The first-order chi connectivity index (χ1) is 13.4. The van der Waals surface area contributed by atoms with E-state index in [4.69, 9.17) is 0 Å². The number of aliphatic hydroxyl groups is 1. The first-order valence-electron chi connectivity index (χ1n) is 9.71. The summed E-state index contributed by atoms with van der Waals surface area (Å²) in [6, 6.07) is 11.4. The van der Waals surface area contributed by atoms with Gasteiger partial charge in [-0.25, -0.2) is 0 Å². The summed E-state index contributed by atoms with van der Waals surface area (Å²) >= 11 is 0. The number of aryl methyl sites for hydroxylation is 1. The minimum atomic E-state index is -1.29. The number of amides is 1. The Kier molecular flexibility index (Phi) is 4.71. The molecule has 0 spiro atoms. The van der Waals surface area contributed by atoms with Crippen molar-refractivity contribution >= 4 is 11.9 Å². The number of piperidine rings is 1. The molecule has 2 atom stereocenters. The monoisotopic (exact) mass is 383 g/mol. The molecule has 2 fully saturated rings. The lowest BCUT2D eigenvalue weighted by Gasteiger charge is -2.43. The maximum atomic E-state index is 13.1. The zero-order chi connectivity index (χ0) is 19.9. The molecule has 7 heteroatoms. The van der Waals surface area contributed by atoms with Crippen molar-refractivity contribution < 1.29 is 19.8 Å². The van der Waals surface area contributed by atoms with Gasteiger partial charge in [0, 0.05) is 20.1 Å². The number of aromatic nitrogens is 2. The fourth-order valence-electron chi connectivity index (χ4n) is 4.20. The van der Waals surface area contributed by atoms with E-state index in [1.807, 2.05) is 30.3 Å². The van der Waals surface area contributed by atoms with E-state index in [0.717, 1.165) is 24.1 Å². The van der Waals surface area contributed by atoms with Crippen molar-refractivity contribution in [3.63, 3.8) is 0 Å². The molecule has 1 amide bonds. The summed E-state index contributed by atoms with van der Waals surface area (Å²) in [6.07, 6.45) is 1.75. The molecular formula is C21H25N3O4. The maximum absolute atomic E-state index is 13.1. The predicted molar refractivity (Wildman–Crippen MR) is 103 cm³/mol. The van der Waals surface area contributed by atoms with Gasteiger partial charge in [0.2, 0.25) is 0 Å². The number of aliphatic hydroxyl groups excluding tert-OH is 1. The topological polar surface area (TPSA) is 95.7 Å². The number of aliphatic carboxylic acids is 1. The standard InChI is InChI=1S/C21H25N3O4/c1-23-17(15-5-3-2-4-6-15)11-16(22-23)19(26)24-10-9-18(25)21(13-24,20(27)28)12-14-7-8-14/h2-6,11,14,18,25H,7-10,12-13H2,1H3,(H,27,28)/t18-,21+/m0/s1. The van der Waals surface area contributed by atoms with Crippen molar-refractivity contribution in [1.82, 2.24) is 14.7 Å². The van der Waals surface area contributed by atoms with Crippen LogP contribution in [0.25, 0.3) is 11.3 Å². The molecule has 1 aliphatic heterocycles. The van der Waals surface area contributed by atoms with Crippen LogP contribution in [0.5, 0.6) is 0 Å². The van der Waals surface area contributed by atoms with E-state index in [9.17, 15) is 19.8 Å². The molecule has 1 aromatic heterocycles. The van der Waals surface area contributed by atoms with Gasteiger partial charge in [0.25, 0.3) is 5.91 Å². The van der Waals surface area contributed by atoms with Crippen molar-refractivity contribution in [2.45, 2.75) is 31.8 Å². The minimum absolute atomic E-state index is 0.0239. The summed E-state index contributed by atoms with van der Waals surface area (Å²) in [4.78, 5) is 26.7. The average molecular weight is 383 g/mol. The van der Waals surface area contributed by atoms with Crippen LogP contribution in [-0.4, -0.2) is 56.0 Å². The fourth-order valence-corrected chi connectivity index (χ4v) is 4.20. The summed E-state index contributed by atoms with van der Waals surface area (Å²) in [5.74, 6) is -0.971. The predicted octanol–water partition coefficient (Wildman–Crippen LogP) is 2.16. The van der Waals surface area contributed by atoms with E-state index < -0.39 is 17.5 Å². The molecule has 0 unspecified atom stereocenters. The molecule has 0 bridgehead atoms. The number of likely N-dealkylation sites (tertiary alicyclic amines) is 1. The van der Waals surface area contributed by atoms with Crippen LogP contribution in [0, 0.1) is 11.3 Å². The summed E-state index contributed by atoms with van der Waals surface area (Å²) in [5, 5.41) is 24.7. The summed E-state index contributed by atoms with van der Waals surface area (Å²) in [6.45, 7) is 0.354. The van der Waals surface area contributed by atoms with Crippen LogP contribution < -0.4 is 0 Å². The summed E-state index contributed by atoms with van der Waals surface area (Å²) in [5.41, 5.74) is 0.790. The Morgan fingerprint density at radius 1 is 1.21 bits per heavy atom. The average Bonchev–Trinajstić information content (AvgIpc) is 3.42. The SMILES string of the molecule is Cn1nc(C(=O)N2CC[C@H](O)[C@](CC3CC3)(C(=O)O)C2)cc1-c1ccccc1. The third-order valence-corrected chi connectivity index (χ3v) is 6.01. The number of benzene rings is 1. The quantitative estimate of drug-likeness (QED) is 0.825. The number of carbonyl (C=O) groups excluding carboxylic acids is 1. The molecule has 4 rings (SSSR count). The van der Waals surface area contributed by atoms with Crippen LogP contribution in [-0.2, 0) is 11.8 Å².